The van der Waals surface area contributed by atoms with E-state index in [2.05, 4.69) is 17.3 Å². The summed E-state index contributed by atoms with van der Waals surface area (Å²) in [5.41, 5.74) is 2.08. The van der Waals surface area contributed by atoms with Crippen molar-refractivity contribution in [1.82, 2.24) is 15.1 Å². The summed E-state index contributed by atoms with van der Waals surface area (Å²) in [6, 6.07) is 9.30. The number of carboxylic acid groups (broad SMARTS) is 1. The quantitative estimate of drug-likeness (QED) is 0.792. The predicted molar refractivity (Wildman–Crippen MR) is 104 cm³/mol. The fourth-order valence-electron chi connectivity index (χ4n) is 2.05. The summed E-state index contributed by atoms with van der Waals surface area (Å²) in [7, 11) is 1.71. The Labute approximate surface area is 160 Å². The molecule has 0 saturated carbocycles. The fourth-order valence-corrected chi connectivity index (χ4v) is 2.19. The molecule has 1 aromatic heterocycles. The van der Waals surface area contributed by atoms with E-state index in [9.17, 15) is 4.79 Å². The van der Waals surface area contributed by atoms with Crippen LogP contribution in [-0.4, -0.2) is 47.2 Å². The minimum Gasteiger partial charge on any atom is -0.476 e. The molecule has 1 fully saturated rings. The number of rotatable bonds is 1. The maximum atomic E-state index is 10.3. The number of aryl methyl sites for hydroxylation is 3. The minimum absolute atomic E-state index is 0.0972. The van der Waals surface area contributed by atoms with Gasteiger partial charge in [0.1, 0.15) is 0 Å². The summed E-state index contributed by atoms with van der Waals surface area (Å²) in [4.78, 5) is 10.3. The molecule has 1 aliphatic rings. The van der Waals surface area contributed by atoms with Crippen LogP contribution in [-0.2, 0) is 11.8 Å². The Morgan fingerprint density at radius 2 is 2.08 bits per heavy atom. The van der Waals surface area contributed by atoms with Crippen LogP contribution in [0.15, 0.2) is 30.3 Å². The molecule has 7 heteroatoms. The van der Waals surface area contributed by atoms with Crippen molar-refractivity contribution in [2.75, 3.05) is 26.3 Å². The first kappa shape index (κ1) is 22.2. The van der Waals surface area contributed by atoms with Gasteiger partial charge in [-0.15, -0.1) is 0 Å². The van der Waals surface area contributed by atoms with Crippen LogP contribution >= 0.6 is 11.6 Å². The van der Waals surface area contributed by atoms with Crippen LogP contribution in [0.3, 0.4) is 0 Å². The van der Waals surface area contributed by atoms with Gasteiger partial charge in [-0.3, -0.25) is 4.68 Å². The molecular weight excluding hydrogens is 354 g/mol. The number of aromatic nitrogens is 2. The second-order valence-electron chi connectivity index (χ2n) is 6.23. The number of hydrogen-bond acceptors (Lipinski definition) is 4. The van der Waals surface area contributed by atoms with Gasteiger partial charge in [-0.25, -0.2) is 4.79 Å². The fraction of sp³-hybridized carbons (Fsp3) is 0.474. The van der Waals surface area contributed by atoms with Crippen LogP contribution < -0.4 is 5.32 Å². The molecule has 2 heterocycles. The van der Waals surface area contributed by atoms with E-state index < -0.39 is 5.97 Å². The standard InChI is InChI=1S/C7H7Cl.C6H8N2O2.C6H13NO/c1-6-4-2-3-5-7(6)8;1-4-3-5(6(9)10)7-8(4)2;1-6-4-7-2-3-8-5-6/h2-5H,1H3;3H,1-2H3,(H,9,10);6-7H,2-5H2,1H3. The molecule has 6 nitrogen and oxygen atoms in total. The van der Waals surface area contributed by atoms with Crippen molar-refractivity contribution in [2.24, 2.45) is 13.0 Å². The van der Waals surface area contributed by atoms with Crippen molar-refractivity contribution >= 4 is 17.6 Å². The summed E-state index contributed by atoms with van der Waals surface area (Å²) < 4.78 is 6.78. The Morgan fingerprint density at radius 1 is 1.38 bits per heavy atom. The zero-order valence-corrected chi connectivity index (χ0v) is 16.6. The molecule has 0 bridgehead atoms. The van der Waals surface area contributed by atoms with Crippen LogP contribution in [0.5, 0.6) is 0 Å². The second-order valence-corrected chi connectivity index (χ2v) is 6.64. The molecule has 1 aliphatic heterocycles. The number of carboxylic acids is 1. The maximum Gasteiger partial charge on any atom is 0.356 e. The Balaban J connectivity index is 0.000000197. The number of nitrogens with zero attached hydrogens (tertiary/aromatic N) is 2. The molecule has 26 heavy (non-hydrogen) atoms. The lowest BCUT2D eigenvalue weighted by Gasteiger charge is -2.03. The van der Waals surface area contributed by atoms with Gasteiger partial charge >= 0.3 is 5.97 Å². The zero-order valence-electron chi connectivity index (χ0n) is 15.8. The smallest absolute Gasteiger partial charge is 0.356 e. The second kappa shape index (κ2) is 11.7. The number of carbonyl (C=O) groups is 1. The molecule has 3 rings (SSSR count). The number of benzene rings is 1. The summed E-state index contributed by atoms with van der Waals surface area (Å²) in [6.07, 6.45) is 0. The van der Waals surface area contributed by atoms with Gasteiger partial charge in [0.25, 0.3) is 0 Å². The molecule has 1 atom stereocenters. The number of ether oxygens (including phenoxy) is 1. The number of hydrogen-bond donors (Lipinski definition) is 2. The van der Waals surface area contributed by atoms with E-state index in [1.54, 1.807) is 14.0 Å². The highest BCUT2D eigenvalue weighted by Gasteiger charge is 2.07. The van der Waals surface area contributed by atoms with E-state index in [1.165, 1.54) is 10.7 Å². The van der Waals surface area contributed by atoms with Gasteiger partial charge < -0.3 is 15.2 Å². The first-order valence-corrected chi connectivity index (χ1v) is 8.92. The van der Waals surface area contributed by atoms with Crippen molar-refractivity contribution in [1.29, 1.82) is 0 Å². The Bertz CT molecular complexity index is 640. The molecule has 1 saturated heterocycles. The van der Waals surface area contributed by atoms with E-state index in [0.29, 0.717) is 5.92 Å². The summed E-state index contributed by atoms with van der Waals surface area (Å²) in [5.74, 6) is -0.291. The van der Waals surface area contributed by atoms with E-state index in [0.717, 1.165) is 42.6 Å². The van der Waals surface area contributed by atoms with Gasteiger partial charge in [-0.2, -0.15) is 5.10 Å². The van der Waals surface area contributed by atoms with Crippen LogP contribution in [0, 0.1) is 19.8 Å². The topological polar surface area (TPSA) is 76.4 Å². The first-order chi connectivity index (χ1) is 12.3. The average Bonchev–Trinajstić information content (AvgIpc) is 2.79. The molecule has 2 N–H and O–H groups in total. The largest absolute Gasteiger partial charge is 0.476 e. The van der Waals surface area contributed by atoms with E-state index in [-0.39, 0.29) is 5.69 Å². The first-order valence-electron chi connectivity index (χ1n) is 8.54. The van der Waals surface area contributed by atoms with Crippen molar-refractivity contribution in [3.63, 3.8) is 0 Å². The lowest BCUT2D eigenvalue weighted by Crippen LogP contribution is -2.20. The Kier molecular flexibility index (Phi) is 9.95. The molecule has 144 valence electrons. The monoisotopic (exact) mass is 381 g/mol. The third-order valence-corrected chi connectivity index (χ3v) is 4.15. The van der Waals surface area contributed by atoms with E-state index >= 15 is 0 Å². The van der Waals surface area contributed by atoms with Crippen LogP contribution in [0.4, 0.5) is 0 Å². The third-order valence-electron chi connectivity index (χ3n) is 3.73. The van der Waals surface area contributed by atoms with Crippen molar-refractivity contribution < 1.29 is 14.6 Å². The molecule has 0 radical (unpaired) electrons. The summed E-state index contributed by atoms with van der Waals surface area (Å²) >= 11 is 5.71. The maximum absolute atomic E-state index is 10.3. The molecule has 1 aromatic carbocycles. The van der Waals surface area contributed by atoms with E-state index in [1.807, 2.05) is 31.2 Å². The van der Waals surface area contributed by atoms with Gasteiger partial charge in [-0.05, 0) is 44.0 Å². The third kappa shape index (κ3) is 8.47. The van der Waals surface area contributed by atoms with Crippen LogP contribution in [0.1, 0.15) is 28.7 Å². The summed E-state index contributed by atoms with van der Waals surface area (Å²) in [6.45, 7) is 9.92. The highest BCUT2D eigenvalue weighted by molar-refractivity contribution is 6.31. The molecular formula is C19H28ClN3O3. The lowest BCUT2D eigenvalue weighted by molar-refractivity contribution is 0.0689. The molecule has 0 aliphatic carbocycles. The SMILES string of the molecule is CC1CNCCOC1.Cc1cc(C(=O)O)nn1C.Cc1ccccc1Cl. The molecule has 2 aromatic rings. The predicted octanol–water partition coefficient (Wildman–Crippen LogP) is 3.32. The highest BCUT2D eigenvalue weighted by atomic mass is 35.5. The number of aromatic carboxylic acids is 1. The summed E-state index contributed by atoms with van der Waals surface area (Å²) in [5, 5.41) is 16.3. The van der Waals surface area contributed by atoms with Gasteiger partial charge in [0, 0.05) is 24.3 Å². The Morgan fingerprint density at radius 3 is 2.54 bits per heavy atom. The van der Waals surface area contributed by atoms with Crippen molar-refractivity contribution in [2.45, 2.75) is 20.8 Å². The van der Waals surface area contributed by atoms with Crippen molar-refractivity contribution in [3.8, 4) is 0 Å². The van der Waals surface area contributed by atoms with Crippen LogP contribution in [0.2, 0.25) is 5.02 Å². The normalized spacial score (nSPS) is 16.4. The molecule has 1 unspecified atom stereocenters. The average molecular weight is 382 g/mol. The molecule has 0 spiro atoms. The lowest BCUT2D eigenvalue weighted by atomic mass is 10.2. The van der Waals surface area contributed by atoms with Crippen molar-refractivity contribution in [3.05, 3.63) is 52.3 Å². The Hall–Kier alpha value is -1.89. The number of nitrogens with one attached hydrogen (secondary N) is 1. The van der Waals surface area contributed by atoms with Gasteiger partial charge in [0.15, 0.2) is 5.69 Å². The highest BCUT2D eigenvalue weighted by Crippen LogP contribution is 2.11. The minimum atomic E-state index is -0.983. The zero-order chi connectivity index (χ0) is 19.5. The molecule has 0 amide bonds. The van der Waals surface area contributed by atoms with Gasteiger partial charge in [-0.1, -0.05) is 36.7 Å². The number of halogens is 1. The van der Waals surface area contributed by atoms with Gasteiger partial charge in [0.2, 0.25) is 0 Å². The van der Waals surface area contributed by atoms with Crippen LogP contribution in [0.25, 0.3) is 0 Å². The van der Waals surface area contributed by atoms with E-state index in [4.69, 9.17) is 21.4 Å². The van der Waals surface area contributed by atoms with Gasteiger partial charge in [0.05, 0.1) is 13.2 Å².